The highest BCUT2D eigenvalue weighted by Gasteiger charge is 2.07. The Morgan fingerprint density at radius 3 is 2.50 bits per heavy atom. The van der Waals surface area contributed by atoms with Crippen LogP contribution in [0.25, 0.3) is 0 Å². The molecule has 2 N–H and O–H groups in total. The molecule has 1 aromatic rings. The molecule has 1 rings (SSSR count). The lowest BCUT2D eigenvalue weighted by Gasteiger charge is -2.20. The zero-order valence-electron chi connectivity index (χ0n) is 11.6. The van der Waals surface area contributed by atoms with Crippen LogP contribution in [0, 0.1) is 5.82 Å². The zero-order valence-corrected chi connectivity index (χ0v) is 11.6. The molecule has 0 fully saturated rings. The number of rotatable bonds is 6. The van der Waals surface area contributed by atoms with Crippen molar-refractivity contribution in [2.45, 2.75) is 32.9 Å². The van der Waals surface area contributed by atoms with Gasteiger partial charge in [0.25, 0.3) is 0 Å². The van der Waals surface area contributed by atoms with Gasteiger partial charge in [-0.1, -0.05) is 6.07 Å². The molecule has 0 saturated heterocycles. The van der Waals surface area contributed by atoms with Crippen molar-refractivity contribution in [2.24, 2.45) is 0 Å². The molecule has 0 radical (unpaired) electrons. The molecule has 0 saturated carbocycles. The van der Waals surface area contributed by atoms with Crippen LogP contribution in [-0.2, 0) is 6.54 Å². The topological polar surface area (TPSA) is 33.3 Å². The molecule has 4 heteroatoms. The Morgan fingerprint density at radius 1 is 1.22 bits per heavy atom. The monoisotopic (exact) mass is 254 g/mol. The van der Waals surface area contributed by atoms with E-state index < -0.39 is 0 Å². The van der Waals surface area contributed by atoms with Gasteiger partial charge in [0.1, 0.15) is 0 Å². The van der Waals surface area contributed by atoms with Gasteiger partial charge in [0.15, 0.2) is 11.6 Å². The lowest BCUT2D eigenvalue weighted by Crippen LogP contribution is -2.40. The van der Waals surface area contributed by atoms with Crippen molar-refractivity contribution in [3.8, 4) is 5.75 Å². The van der Waals surface area contributed by atoms with Crippen molar-refractivity contribution < 1.29 is 9.13 Å². The first kappa shape index (κ1) is 14.9. The third-order valence-electron chi connectivity index (χ3n) is 2.50. The van der Waals surface area contributed by atoms with Crippen LogP contribution in [0.5, 0.6) is 5.75 Å². The summed E-state index contributed by atoms with van der Waals surface area (Å²) in [6, 6.07) is 5.02. The maximum Gasteiger partial charge on any atom is 0.165 e. The fourth-order valence-electron chi connectivity index (χ4n) is 1.58. The molecule has 18 heavy (non-hydrogen) atoms. The number of ether oxygens (including phenoxy) is 1. The summed E-state index contributed by atoms with van der Waals surface area (Å²) in [5, 5.41) is 6.65. The van der Waals surface area contributed by atoms with Gasteiger partial charge in [0, 0.05) is 25.2 Å². The summed E-state index contributed by atoms with van der Waals surface area (Å²) < 4.78 is 18.3. The molecule has 0 aliphatic heterocycles. The predicted octanol–water partition coefficient (Wildman–Crippen LogP) is 2.31. The summed E-state index contributed by atoms with van der Waals surface area (Å²) in [5.41, 5.74) is 1.05. The van der Waals surface area contributed by atoms with Gasteiger partial charge in [-0.3, -0.25) is 0 Å². The van der Waals surface area contributed by atoms with Gasteiger partial charge in [-0.2, -0.15) is 0 Å². The van der Waals surface area contributed by atoms with Crippen molar-refractivity contribution in [1.82, 2.24) is 10.6 Å². The average Bonchev–Trinajstić information content (AvgIpc) is 2.27. The van der Waals surface area contributed by atoms with E-state index >= 15 is 0 Å². The smallest absolute Gasteiger partial charge is 0.165 e. The second-order valence-corrected chi connectivity index (χ2v) is 5.32. The van der Waals surface area contributed by atoms with Crippen LogP contribution in [0.4, 0.5) is 4.39 Å². The van der Waals surface area contributed by atoms with E-state index in [9.17, 15) is 4.39 Å². The minimum atomic E-state index is -0.315. The summed E-state index contributed by atoms with van der Waals surface area (Å²) in [5.74, 6) is -0.0298. The Balaban J connectivity index is 2.29. The molecule has 102 valence electrons. The van der Waals surface area contributed by atoms with Gasteiger partial charge >= 0.3 is 0 Å². The highest BCUT2D eigenvalue weighted by atomic mass is 19.1. The van der Waals surface area contributed by atoms with Crippen molar-refractivity contribution in [2.75, 3.05) is 20.2 Å². The molecule has 0 aromatic heterocycles. The highest BCUT2D eigenvalue weighted by molar-refractivity contribution is 5.29. The Labute approximate surface area is 109 Å². The standard InChI is InChI=1S/C14H23FN2O/c1-14(2,3)17-8-7-16-10-11-5-6-13(18-4)12(15)9-11/h5-6,9,16-17H,7-8,10H2,1-4H3. The number of methoxy groups -OCH3 is 1. The Kier molecular flexibility index (Phi) is 5.56. The van der Waals surface area contributed by atoms with Crippen LogP contribution < -0.4 is 15.4 Å². The van der Waals surface area contributed by atoms with Crippen LogP contribution in [0.15, 0.2) is 18.2 Å². The average molecular weight is 254 g/mol. The van der Waals surface area contributed by atoms with E-state index in [-0.39, 0.29) is 17.1 Å². The maximum absolute atomic E-state index is 13.4. The molecule has 1 aromatic carbocycles. The molecule has 0 aliphatic carbocycles. The lowest BCUT2D eigenvalue weighted by molar-refractivity contribution is 0.386. The molecule has 0 heterocycles. The normalized spacial score (nSPS) is 11.6. The number of hydrogen-bond donors (Lipinski definition) is 2. The number of halogens is 1. The molecule has 3 nitrogen and oxygen atoms in total. The SMILES string of the molecule is COc1ccc(CNCCNC(C)(C)C)cc1F. The Bertz CT molecular complexity index is 375. The molecular weight excluding hydrogens is 231 g/mol. The van der Waals surface area contributed by atoms with Crippen LogP contribution in [0.3, 0.4) is 0 Å². The van der Waals surface area contributed by atoms with Crippen molar-refractivity contribution in [3.05, 3.63) is 29.6 Å². The summed E-state index contributed by atoms with van der Waals surface area (Å²) in [4.78, 5) is 0. The summed E-state index contributed by atoms with van der Waals surface area (Å²) in [6.45, 7) is 8.79. The second kappa shape index (κ2) is 6.71. The van der Waals surface area contributed by atoms with E-state index in [0.29, 0.717) is 6.54 Å². The summed E-state index contributed by atoms with van der Waals surface area (Å²) >= 11 is 0. The largest absolute Gasteiger partial charge is 0.494 e. The predicted molar refractivity (Wildman–Crippen MR) is 72.4 cm³/mol. The third-order valence-corrected chi connectivity index (χ3v) is 2.50. The highest BCUT2D eigenvalue weighted by Crippen LogP contribution is 2.17. The molecule has 0 aliphatic rings. The van der Waals surface area contributed by atoms with Gasteiger partial charge in [-0.15, -0.1) is 0 Å². The molecule has 0 bridgehead atoms. The quantitative estimate of drug-likeness (QED) is 0.764. The van der Waals surface area contributed by atoms with E-state index in [1.807, 2.05) is 6.07 Å². The van der Waals surface area contributed by atoms with Gasteiger partial charge < -0.3 is 15.4 Å². The first-order chi connectivity index (χ1) is 8.42. The first-order valence-electron chi connectivity index (χ1n) is 6.20. The van der Waals surface area contributed by atoms with E-state index in [0.717, 1.165) is 18.7 Å². The fourth-order valence-corrected chi connectivity index (χ4v) is 1.58. The molecule has 0 spiro atoms. The van der Waals surface area contributed by atoms with Crippen LogP contribution in [0.1, 0.15) is 26.3 Å². The third kappa shape index (κ3) is 5.47. The van der Waals surface area contributed by atoms with Gasteiger partial charge in [0.05, 0.1) is 7.11 Å². The van der Waals surface area contributed by atoms with Gasteiger partial charge in [-0.05, 0) is 38.5 Å². The van der Waals surface area contributed by atoms with Crippen molar-refractivity contribution >= 4 is 0 Å². The maximum atomic E-state index is 13.4. The molecular formula is C14H23FN2O. The van der Waals surface area contributed by atoms with Gasteiger partial charge in [-0.25, -0.2) is 4.39 Å². The molecule has 0 atom stereocenters. The first-order valence-corrected chi connectivity index (χ1v) is 6.20. The van der Waals surface area contributed by atoms with E-state index in [2.05, 4.69) is 31.4 Å². The molecule has 0 unspecified atom stereocenters. The number of benzene rings is 1. The van der Waals surface area contributed by atoms with Crippen LogP contribution >= 0.6 is 0 Å². The Hall–Kier alpha value is -1.13. The number of nitrogens with one attached hydrogen (secondary N) is 2. The van der Waals surface area contributed by atoms with Gasteiger partial charge in [0.2, 0.25) is 0 Å². The Morgan fingerprint density at radius 2 is 1.94 bits per heavy atom. The second-order valence-electron chi connectivity index (χ2n) is 5.32. The minimum Gasteiger partial charge on any atom is -0.494 e. The molecule has 0 amide bonds. The minimum absolute atomic E-state index is 0.133. The zero-order chi connectivity index (χ0) is 13.6. The summed E-state index contributed by atoms with van der Waals surface area (Å²) in [7, 11) is 1.47. The van der Waals surface area contributed by atoms with E-state index in [1.165, 1.54) is 13.2 Å². The van der Waals surface area contributed by atoms with Crippen LogP contribution in [0.2, 0.25) is 0 Å². The summed E-state index contributed by atoms with van der Waals surface area (Å²) in [6.07, 6.45) is 0. The van der Waals surface area contributed by atoms with Crippen molar-refractivity contribution in [3.63, 3.8) is 0 Å². The van der Waals surface area contributed by atoms with Crippen LogP contribution in [-0.4, -0.2) is 25.7 Å². The lowest BCUT2D eigenvalue weighted by atomic mass is 10.1. The fraction of sp³-hybridized carbons (Fsp3) is 0.571. The van der Waals surface area contributed by atoms with E-state index in [1.54, 1.807) is 6.07 Å². The number of hydrogen-bond acceptors (Lipinski definition) is 3. The van der Waals surface area contributed by atoms with Crippen molar-refractivity contribution in [1.29, 1.82) is 0 Å². The van der Waals surface area contributed by atoms with E-state index in [4.69, 9.17) is 4.74 Å².